The van der Waals surface area contributed by atoms with Crippen molar-refractivity contribution >= 4 is 48.1 Å². The molecule has 2 aromatic carbocycles. The molecular weight excluding hydrogens is 1030 g/mol. The van der Waals surface area contributed by atoms with Crippen molar-refractivity contribution in [3.63, 3.8) is 0 Å². The number of rotatable bonds is 53. The summed E-state index contributed by atoms with van der Waals surface area (Å²) in [5.41, 5.74) is 0.413. The van der Waals surface area contributed by atoms with Crippen molar-refractivity contribution in [2.75, 3.05) is 49.3 Å². The second-order valence-corrected chi connectivity index (χ2v) is 36.3. The van der Waals surface area contributed by atoms with E-state index in [1.165, 1.54) is 278 Å². The molecule has 458 valence electrons. The molecule has 4 nitrogen and oxygen atoms in total. The zero-order valence-corrected chi connectivity index (χ0v) is 56.7. The fraction of sp³-hybridized carbons (Fsp3) is 0.800. The van der Waals surface area contributed by atoms with Crippen molar-refractivity contribution in [2.45, 2.75) is 322 Å². The summed E-state index contributed by atoms with van der Waals surface area (Å²) >= 11 is 0. The Morgan fingerprint density at radius 3 is 0.667 bits per heavy atom. The van der Waals surface area contributed by atoms with Crippen molar-refractivity contribution in [3.05, 3.63) is 59.7 Å². The van der Waals surface area contributed by atoms with Crippen LogP contribution in [0.2, 0.25) is 0 Å². The van der Waals surface area contributed by atoms with Gasteiger partial charge in [0.05, 0.1) is 11.1 Å². The Kier molecular flexibility index (Phi) is 55.7. The van der Waals surface area contributed by atoms with Gasteiger partial charge in [0.2, 0.25) is 0 Å². The first-order chi connectivity index (χ1) is 38.1. The van der Waals surface area contributed by atoms with Crippen LogP contribution >= 0.6 is 36.1 Å². The topological polar surface area (TPSA) is 74.6 Å². The Hall–Kier alpha value is -1.06. The third-order valence-electron chi connectivity index (χ3n) is 16.9. The summed E-state index contributed by atoms with van der Waals surface area (Å²) in [5.74, 6) is -2.00. The summed E-state index contributed by atoms with van der Waals surface area (Å²) in [6, 6.07) is 13.3. The van der Waals surface area contributed by atoms with Crippen LogP contribution in [0.25, 0.3) is 0 Å². The summed E-state index contributed by atoms with van der Waals surface area (Å²) in [5, 5.41) is 18.2. The van der Waals surface area contributed by atoms with Crippen molar-refractivity contribution in [1.82, 2.24) is 0 Å². The number of unbranched alkanes of at least 4 members (excludes halogenated alkanes) is 32. The molecule has 0 bridgehead atoms. The van der Waals surface area contributed by atoms with Crippen molar-refractivity contribution in [3.8, 4) is 0 Å². The first-order valence-electron chi connectivity index (χ1n) is 34.1. The van der Waals surface area contributed by atoms with Gasteiger partial charge in [-0.25, -0.2) is 9.59 Å². The van der Waals surface area contributed by atoms with Gasteiger partial charge < -0.3 is 10.2 Å². The van der Waals surface area contributed by atoms with Gasteiger partial charge in [-0.3, -0.25) is 0 Å². The SMILES string of the molecule is CCCCCCCCCCCCCCCC[PH](CCCC)(CCCC)CCCC.CCCCCCCCCCCCCCCC[PH](CCCC)(CCCC)CCCC.O=C(O)c1ccccc1SSc1ccccc1C(=O)O. The Labute approximate surface area is 495 Å². The van der Waals surface area contributed by atoms with Gasteiger partial charge in [0.1, 0.15) is 0 Å². The van der Waals surface area contributed by atoms with E-state index in [0.29, 0.717) is 9.79 Å². The van der Waals surface area contributed by atoms with Crippen LogP contribution in [0.3, 0.4) is 0 Å². The molecule has 0 aliphatic heterocycles. The molecule has 0 saturated heterocycles. The van der Waals surface area contributed by atoms with Crippen molar-refractivity contribution in [2.24, 2.45) is 0 Å². The number of benzene rings is 2. The van der Waals surface area contributed by atoms with Crippen LogP contribution in [0.1, 0.15) is 333 Å². The molecule has 0 aliphatic rings. The van der Waals surface area contributed by atoms with Gasteiger partial charge in [0.15, 0.2) is 0 Å². The second-order valence-electron chi connectivity index (χ2n) is 24.1. The molecule has 0 saturated carbocycles. The fourth-order valence-electron chi connectivity index (χ4n) is 11.7. The first-order valence-corrected chi connectivity index (χ1v) is 41.9. The summed E-state index contributed by atoms with van der Waals surface area (Å²) in [4.78, 5) is 23.4. The van der Waals surface area contributed by atoms with Crippen LogP contribution < -0.4 is 0 Å². The minimum Gasteiger partial charge on any atom is -0.478 e. The predicted molar refractivity (Wildman–Crippen MR) is 364 cm³/mol. The van der Waals surface area contributed by atoms with Crippen molar-refractivity contribution in [1.29, 1.82) is 0 Å². The maximum atomic E-state index is 11.1. The zero-order valence-electron chi connectivity index (χ0n) is 53.1. The third-order valence-corrected chi connectivity index (χ3v) is 30.7. The van der Waals surface area contributed by atoms with Gasteiger partial charge in [0, 0.05) is 9.79 Å². The largest absolute Gasteiger partial charge is 0.478 e. The molecule has 78 heavy (non-hydrogen) atoms. The first kappa shape index (κ1) is 76.9. The molecule has 2 rings (SSSR count). The molecule has 0 amide bonds. The quantitative estimate of drug-likeness (QED) is 0.0391. The van der Waals surface area contributed by atoms with Crippen LogP contribution in [0.5, 0.6) is 0 Å². The van der Waals surface area contributed by atoms with Gasteiger partial charge in [-0.15, -0.1) is 0 Å². The summed E-state index contributed by atoms with van der Waals surface area (Å²) in [6.07, 6.45) is 72.3. The number of carbonyl (C=O) groups is 2. The van der Waals surface area contributed by atoms with Crippen LogP contribution in [0, 0.1) is 0 Å². The number of hydrogen-bond acceptors (Lipinski definition) is 4. The maximum absolute atomic E-state index is 11.1. The molecule has 0 radical (unpaired) electrons. The number of hydrogen-bond donors (Lipinski definition) is 2. The minimum atomic E-state index is -1.000. The smallest absolute Gasteiger partial charge is 0.336 e. The summed E-state index contributed by atoms with van der Waals surface area (Å²) in [7, 11) is 0.543. The van der Waals surface area contributed by atoms with E-state index >= 15 is 0 Å². The van der Waals surface area contributed by atoms with E-state index in [9.17, 15) is 9.59 Å². The zero-order chi connectivity index (χ0) is 57.5. The average Bonchev–Trinajstić information content (AvgIpc) is 3.46. The molecule has 0 unspecified atom stereocenters. The minimum absolute atomic E-state index is 0.206. The molecule has 0 aromatic heterocycles. The summed E-state index contributed by atoms with van der Waals surface area (Å²) in [6.45, 7) is 19.0. The molecule has 0 spiro atoms. The Balaban J connectivity index is 0.00000116. The molecular formula is C70H132O4P2S2. The number of carboxylic acid groups (broad SMARTS) is 2. The molecule has 2 aromatic rings. The van der Waals surface area contributed by atoms with Crippen molar-refractivity contribution < 1.29 is 19.8 Å². The van der Waals surface area contributed by atoms with Crippen LogP contribution in [-0.2, 0) is 0 Å². The molecule has 0 atom stereocenters. The predicted octanol–water partition coefficient (Wildman–Crippen LogP) is 25.1. The van der Waals surface area contributed by atoms with Gasteiger partial charge in [-0.1, -0.05) is 98.2 Å². The van der Waals surface area contributed by atoms with Crippen LogP contribution in [-0.4, -0.2) is 71.4 Å². The Morgan fingerprint density at radius 2 is 0.462 bits per heavy atom. The van der Waals surface area contributed by atoms with E-state index in [1.54, 1.807) is 98.5 Å². The van der Waals surface area contributed by atoms with Gasteiger partial charge in [0.25, 0.3) is 0 Å². The Morgan fingerprint density at radius 1 is 0.282 bits per heavy atom. The monoisotopic (exact) mass is 1160 g/mol. The third kappa shape index (κ3) is 42.7. The molecule has 0 aliphatic carbocycles. The second kappa shape index (κ2) is 56.4. The van der Waals surface area contributed by atoms with E-state index < -0.39 is 26.5 Å². The van der Waals surface area contributed by atoms with Crippen LogP contribution in [0.4, 0.5) is 0 Å². The normalized spacial score (nSPS) is 11.9. The van der Waals surface area contributed by atoms with Crippen LogP contribution in [0.15, 0.2) is 58.3 Å². The van der Waals surface area contributed by atoms with E-state index in [1.807, 2.05) is 0 Å². The molecule has 8 heteroatoms. The van der Waals surface area contributed by atoms with Gasteiger partial charge >= 0.3 is 336 Å². The molecule has 0 fully saturated rings. The van der Waals surface area contributed by atoms with E-state index in [-0.39, 0.29) is 11.1 Å². The number of aromatic carboxylic acids is 2. The van der Waals surface area contributed by atoms with E-state index in [2.05, 4.69) is 55.4 Å². The summed E-state index contributed by atoms with van der Waals surface area (Å²) < 4.78 is 0. The Bertz CT molecular complexity index is 1460. The molecule has 0 heterocycles. The number of carboxylic acids is 2. The fourth-order valence-corrected chi connectivity index (χ4v) is 25.7. The maximum Gasteiger partial charge on any atom is 0.336 e. The standard InChI is InChI=1S/2C28H61P.C14H10O4S2/c2*1-5-9-13-14-15-16-17-18-19-20-21-22-23-24-28-29(25-10-6-2,26-11-7-3)27-12-8-4;15-13(16)9-5-1-3-7-11(9)19-20-12-8-4-2-6-10(12)14(17)18/h2*29H,5-28H2,1-4H3;1-8H,(H,15,16)(H,17,18). The van der Waals surface area contributed by atoms with E-state index in [4.69, 9.17) is 10.2 Å². The van der Waals surface area contributed by atoms with E-state index in [0.717, 1.165) is 0 Å². The van der Waals surface area contributed by atoms with Gasteiger partial charge in [-0.05, 0) is 24.3 Å². The average molecular weight is 1160 g/mol. The van der Waals surface area contributed by atoms with Gasteiger partial charge in [-0.2, -0.15) is 0 Å². The molecule has 2 N–H and O–H groups in total.